The summed E-state index contributed by atoms with van der Waals surface area (Å²) in [5, 5.41) is 9.71. The van der Waals surface area contributed by atoms with E-state index in [9.17, 15) is 14.4 Å². The van der Waals surface area contributed by atoms with E-state index in [0.29, 0.717) is 82.3 Å². The number of methoxy groups -OCH3 is 4. The number of carbonyl (C=O) groups is 3. The molecule has 4 aromatic heterocycles. The molecule has 0 unspecified atom stereocenters. The average molecular weight is 956 g/mol. The second-order valence-electron chi connectivity index (χ2n) is 19.7. The van der Waals surface area contributed by atoms with Gasteiger partial charge in [0, 0.05) is 90.5 Å². The normalized spacial score (nSPS) is 14.1. The molecule has 368 valence electrons. The Bertz CT molecular complexity index is 2890. The van der Waals surface area contributed by atoms with E-state index in [1.807, 2.05) is 66.3 Å². The second kappa shape index (κ2) is 19.0. The van der Waals surface area contributed by atoms with Crippen LogP contribution in [0.3, 0.4) is 0 Å². The quantitative estimate of drug-likeness (QED) is 0.115. The molecule has 2 aliphatic rings. The number of benzene rings is 2. The van der Waals surface area contributed by atoms with Gasteiger partial charge in [0.05, 0.1) is 46.0 Å². The summed E-state index contributed by atoms with van der Waals surface area (Å²) >= 11 is 0. The first-order valence-electron chi connectivity index (χ1n) is 23.0. The first-order valence-corrected chi connectivity index (χ1v) is 23.0. The van der Waals surface area contributed by atoms with E-state index in [2.05, 4.69) is 15.2 Å². The van der Waals surface area contributed by atoms with Crippen molar-refractivity contribution in [1.29, 1.82) is 0 Å². The lowest BCUT2D eigenvalue weighted by Gasteiger charge is -2.29. The van der Waals surface area contributed by atoms with Crippen LogP contribution in [0.5, 0.6) is 23.0 Å². The molecule has 0 atom stereocenters. The highest BCUT2D eigenvalue weighted by Crippen LogP contribution is 2.50. The van der Waals surface area contributed by atoms with Crippen LogP contribution in [0.15, 0.2) is 73.2 Å². The third kappa shape index (κ3) is 10.4. The van der Waals surface area contributed by atoms with E-state index in [1.165, 1.54) is 6.20 Å². The number of anilines is 4. The first-order chi connectivity index (χ1) is 33.2. The predicted molar refractivity (Wildman–Crippen MR) is 265 cm³/mol. The Morgan fingerprint density at radius 1 is 0.771 bits per heavy atom. The number of nitrogens with zero attached hydrogens (tertiary/aromatic N) is 8. The van der Waals surface area contributed by atoms with Gasteiger partial charge < -0.3 is 43.5 Å². The van der Waals surface area contributed by atoms with Crippen LogP contribution in [-0.4, -0.2) is 101 Å². The zero-order valence-electron chi connectivity index (χ0n) is 41.9. The molecule has 70 heavy (non-hydrogen) atoms. The predicted octanol–water partition coefficient (Wildman–Crippen LogP) is 9.36. The molecule has 0 radical (unpaired) electrons. The Balaban J connectivity index is 1.31. The van der Waals surface area contributed by atoms with Gasteiger partial charge in [-0.15, -0.1) is 0 Å². The standard InChI is InChI=1S/C52H61N9O9/c1-31-37(24-53-26-40(31)61(48(63)69-50(2,3)4)49(64)70-51(5,6)7)39-19-34-20-44(56-45-23-43-52(17-18-52)30-58(8)46(62)29-60(43)57-45)54-25-38(34)47(55-39)59(27-32-13-15-35(65-9)21-41(32)67-11)28-33-14-16-36(66-10)22-42(33)68-12/h13-16,19-26H,17-18,27-30H2,1-12H3,(H,54,56,57). The van der Waals surface area contributed by atoms with E-state index in [-0.39, 0.29) is 23.6 Å². The van der Waals surface area contributed by atoms with Crippen molar-refractivity contribution >= 4 is 52.0 Å². The Morgan fingerprint density at radius 3 is 1.91 bits per heavy atom. The van der Waals surface area contributed by atoms with E-state index < -0.39 is 23.4 Å². The molecule has 1 N–H and O–H groups in total. The monoisotopic (exact) mass is 955 g/mol. The van der Waals surface area contributed by atoms with Crippen molar-refractivity contribution in [3.63, 3.8) is 0 Å². The van der Waals surface area contributed by atoms with Gasteiger partial charge in [0.25, 0.3) is 0 Å². The van der Waals surface area contributed by atoms with Gasteiger partial charge in [0.2, 0.25) is 5.91 Å². The number of ether oxygens (including phenoxy) is 6. The number of aromatic nitrogens is 5. The van der Waals surface area contributed by atoms with Crippen LogP contribution in [0.25, 0.3) is 22.0 Å². The summed E-state index contributed by atoms with van der Waals surface area (Å²) in [4.78, 5) is 60.6. The van der Waals surface area contributed by atoms with Crippen LogP contribution in [0.1, 0.15) is 76.8 Å². The molecule has 1 spiro atoms. The maximum absolute atomic E-state index is 14.0. The fourth-order valence-electron chi connectivity index (χ4n) is 8.64. The van der Waals surface area contributed by atoms with Crippen LogP contribution >= 0.6 is 0 Å². The summed E-state index contributed by atoms with van der Waals surface area (Å²) in [6, 6.07) is 17.2. The largest absolute Gasteiger partial charge is 0.497 e. The van der Waals surface area contributed by atoms with Gasteiger partial charge in [-0.25, -0.2) is 19.6 Å². The lowest BCUT2D eigenvalue weighted by molar-refractivity contribution is -0.130. The number of pyridine rings is 3. The lowest BCUT2D eigenvalue weighted by atomic mass is 10.0. The number of rotatable bonds is 13. The summed E-state index contributed by atoms with van der Waals surface area (Å²) in [5.74, 6) is 4.09. The summed E-state index contributed by atoms with van der Waals surface area (Å²) in [5.41, 5.74) is 2.37. The van der Waals surface area contributed by atoms with Gasteiger partial charge in [0.1, 0.15) is 52.4 Å². The highest BCUT2D eigenvalue weighted by molar-refractivity contribution is 6.10. The lowest BCUT2D eigenvalue weighted by Crippen LogP contribution is -2.44. The van der Waals surface area contributed by atoms with Gasteiger partial charge in [0.15, 0.2) is 5.82 Å². The van der Waals surface area contributed by atoms with Crippen molar-refractivity contribution in [2.45, 2.75) is 97.6 Å². The number of imide groups is 1. The van der Waals surface area contributed by atoms with Crippen LogP contribution in [-0.2, 0) is 39.3 Å². The Morgan fingerprint density at radius 2 is 1.37 bits per heavy atom. The Labute approximate surface area is 407 Å². The molecule has 2 aromatic carbocycles. The van der Waals surface area contributed by atoms with E-state index in [0.717, 1.165) is 39.9 Å². The average Bonchev–Trinajstić information content (AvgIpc) is 3.99. The molecular formula is C52H61N9O9. The first kappa shape index (κ1) is 48.8. The molecule has 8 rings (SSSR count). The molecule has 1 saturated carbocycles. The zero-order valence-corrected chi connectivity index (χ0v) is 41.9. The summed E-state index contributed by atoms with van der Waals surface area (Å²) < 4.78 is 36.3. The molecule has 3 amide bonds. The Kier molecular flexibility index (Phi) is 13.3. The topological polar surface area (TPSA) is 185 Å². The number of nitrogens with one attached hydrogen (secondary N) is 1. The fourth-order valence-corrected chi connectivity index (χ4v) is 8.64. The number of likely N-dealkylation sites (N-methyl/N-ethyl adjacent to an activating group) is 1. The molecule has 6 aromatic rings. The van der Waals surface area contributed by atoms with Gasteiger partial charge in [-0.1, -0.05) is 0 Å². The molecular weight excluding hydrogens is 895 g/mol. The van der Waals surface area contributed by atoms with E-state index in [1.54, 1.807) is 94.2 Å². The maximum Gasteiger partial charge on any atom is 0.424 e. The molecule has 0 bridgehead atoms. The van der Waals surface area contributed by atoms with Crippen LogP contribution in [0, 0.1) is 6.92 Å². The van der Waals surface area contributed by atoms with Crippen molar-refractivity contribution in [2.75, 3.05) is 57.1 Å². The number of amides is 3. The molecule has 1 aliphatic heterocycles. The van der Waals surface area contributed by atoms with E-state index >= 15 is 0 Å². The van der Waals surface area contributed by atoms with Crippen molar-refractivity contribution in [1.82, 2.24) is 29.6 Å². The minimum Gasteiger partial charge on any atom is -0.497 e. The Hall–Kier alpha value is -7.63. The molecule has 1 fully saturated rings. The molecule has 18 heteroatoms. The zero-order chi connectivity index (χ0) is 50.3. The van der Waals surface area contributed by atoms with Crippen LogP contribution in [0.4, 0.5) is 32.7 Å². The number of fused-ring (bicyclic) bond motifs is 3. The molecule has 5 heterocycles. The minimum absolute atomic E-state index is 0.00861. The molecule has 1 aliphatic carbocycles. The smallest absolute Gasteiger partial charge is 0.424 e. The highest BCUT2D eigenvalue weighted by Gasteiger charge is 2.50. The highest BCUT2D eigenvalue weighted by atomic mass is 16.6. The van der Waals surface area contributed by atoms with E-state index in [4.69, 9.17) is 43.5 Å². The van der Waals surface area contributed by atoms with Crippen molar-refractivity contribution < 1.29 is 42.8 Å². The SMILES string of the molecule is COc1ccc(CN(Cc2ccc(OC)cc2OC)c2nc(-c3cncc(N(C(=O)OC(C)(C)C)C(=O)OC(C)(C)C)c3C)cc3cc(Nc4cc5n(n4)CC(=O)N(C)CC54CC4)ncc23)c(OC)c1. The van der Waals surface area contributed by atoms with Crippen molar-refractivity contribution in [3.05, 3.63) is 95.6 Å². The fraction of sp³-hybridized carbons (Fsp3) is 0.404. The maximum atomic E-state index is 14.0. The number of carbonyl (C=O) groups excluding carboxylic acids is 3. The third-order valence-electron chi connectivity index (χ3n) is 12.2. The van der Waals surface area contributed by atoms with Crippen LogP contribution < -0.4 is 34.1 Å². The van der Waals surface area contributed by atoms with Crippen molar-refractivity contribution in [3.8, 4) is 34.3 Å². The number of hydrogen-bond acceptors (Lipinski definition) is 15. The molecule has 0 saturated heterocycles. The summed E-state index contributed by atoms with van der Waals surface area (Å²) in [7, 11) is 8.28. The minimum atomic E-state index is -0.934. The number of hydrogen-bond donors (Lipinski definition) is 1. The van der Waals surface area contributed by atoms with Gasteiger partial charge >= 0.3 is 12.2 Å². The van der Waals surface area contributed by atoms with Gasteiger partial charge in [-0.05, 0) is 109 Å². The van der Waals surface area contributed by atoms with Gasteiger partial charge in [-0.2, -0.15) is 10.00 Å². The summed E-state index contributed by atoms with van der Waals surface area (Å²) in [6.45, 7) is 13.5. The second-order valence-corrected chi connectivity index (χ2v) is 19.7. The van der Waals surface area contributed by atoms with Gasteiger partial charge in [-0.3, -0.25) is 14.5 Å². The summed E-state index contributed by atoms with van der Waals surface area (Å²) in [6.07, 6.45) is 4.96. The molecule has 18 nitrogen and oxygen atoms in total. The van der Waals surface area contributed by atoms with Crippen LogP contribution in [0.2, 0.25) is 0 Å². The van der Waals surface area contributed by atoms with Crippen molar-refractivity contribution in [2.24, 2.45) is 0 Å². The third-order valence-corrected chi connectivity index (χ3v) is 12.2.